The molecule has 2 heterocycles. The van der Waals surface area contributed by atoms with Crippen molar-refractivity contribution in [2.45, 2.75) is 19.9 Å². The lowest BCUT2D eigenvalue weighted by atomic mass is 10.0. The summed E-state index contributed by atoms with van der Waals surface area (Å²) in [6, 6.07) is 11.1. The molecule has 3 amide bonds. The fourth-order valence-corrected chi connectivity index (χ4v) is 2.94. The second-order valence-corrected chi connectivity index (χ2v) is 7.14. The number of carbonyl (C=O) groups excluding carboxylic acids is 3. The van der Waals surface area contributed by atoms with Crippen molar-refractivity contribution in [1.29, 1.82) is 0 Å². The third-order valence-corrected chi connectivity index (χ3v) is 4.60. The Balaban J connectivity index is 1.64. The number of anilines is 1. The molecule has 0 saturated carbocycles. The maximum absolute atomic E-state index is 12.6. The van der Waals surface area contributed by atoms with Crippen molar-refractivity contribution in [1.82, 2.24) is 25.2 Å². The topological polar surface area (TPSA) is 127 Å². The van der Waals surface area contributed by atoms with Crippen LogP contribution >= 0.6 is 0 Å². The van der Waals surface area contributed by atoms with Gasteiger partial charge in [0.25, 0.3) is 5.91 Å². The van der Waals surface area contributed by atoms with Crippen LogP contribution in [-0.2, 0) is 9.53 Å². The predicted molar refractivity (Wildman–Crippen MR) is 114 cm³/mol. The third-order valence-electron chi connectivity index (χ3n) is 4.60. The number of esters is 1. The van der Waals surface area contributed by atoms with E-state index in [-0.39, 0.29) is 18.5 Å². The number of pyridine rings is 1. The maximum atomic E-state index is 12.6. The van der Waals surface area contributed by atoms with Crippen molar-refractivity contribution < 1.29 is 19.1 Å². The average Bonchev–Trinajstić information content (AvgIpc) is 3.19. The Hall–Kier alpha value is -3.95. The van der Waals surface area contributed by atoms with Gasteiger partial charge in [0.1, 0.15) is 6.54 Å². The molecule has 0 bridgehead atoms. The van der Waals surface area contributed by atoms with Crippen LogP contribution in [0.3, 0.4) is 0 Å². The molecule has 10 nitrogen and oxygen atoms in total. The highest BCUT2D eigenvalue weighted by Crippen LogP contribution is 2.21. The molecule has 1 unspecified atom stereocenters. The van der Waals surface area contributed by atoms with Gasteiger partial charge in [0.15, 0.2) is 11.5 Å². The van der Waals surface area contributed by atoms with Crippen LogP contribution < -0.4 is 16.0 Å². The summed E-state index contributed by atoms with van der Waals surface area (Å²) in [7, 11) is 1.25. The Morgan fingerprint density at radius 1 is 1.06 bits per heavy atom. The molecular formula is C21H24N6O4. The van der Waals surface area contributed by atoms with Crippen LogP contribution in [0.1, 0.15) is 36.1 Å². The van der Waals surface area contributed by atoms with Gasteiger partial charge in [0.05, 0.1) is 13.2 Å². The van der Waals surface area contributed by atoms with Gasteiger partial charge in [-0.1, -0.05) is 19.9 Å². The fourth-order valence-electron chi connectivity index (χ4n) is 2.94. The summed E-state index contributed by atoms with van der Waals surface area (Å²) in [5.74, 6) is -0.249. The molecule has 0 aliphatic heterocycles. The van der Waals surface area contributed by atoms with Crippen LogP contribution in [0.25, 0.3) is 5.65 Å². The van der Waals surface area contributed by atoms with Gasteiger partial charge in [-0.05, 0) is 42.3 Å². The molecule has 2 aromatic heterocycles. The lowest BCUT2D eigenvalue weighted by molar-refractivity contribution is -0.139. The van der Waals surface area contributed by atoms with E-state index in [0.717, 1.165) is 0 Å². The van der Waals surface area contributed by atoms with Crippen molar-refractivity contribution in [3.05, 3.63) is 60.0 Å². The molecule has 31 heavy (non-hydrogen) atoms. The number of methoxy groups -OCH3 is 1. The zero-order chi connectivity index (χ0) is 22.4. The number of nitrogens with one attached hydrogen (secondary N) is 3. The first kappa shape index (κ1) is 21.8. The van der Waals surface area contributed by atoms with Crippen LogP contribution in [0.2, 0.25) is 0 Å². The average molecular weight is 424 g/mol. The first-order valence-corrected chi connectivity index (χ1v) is 9.71. The normalized spacial score (nSPS) is 11.7. The van der Waals surface area contributed by atoms with Gasteiger partial charge in [-0.3, -0.25) is 14.0 Å². The van der Waals surface area contributed by atoms with Crippen molar-refractivity contribution in [3.8, 4) is 0 Å². The zero-order valence-corrected chi connectivity index (χ0v) is 17.5. The molecule has 0 spiro atoms. The minimum Gasteiger partial charge on any atom is -0.468 e. The van der Waals surface area contributed by atoms with E-state index in [9.17, 15) is 14.4 Å². The molecule has 0 aliphatic rings. The lowest BCUT2D eigenvalue weighted by Gasteiger charge is -2.21. The molecule has 0 aliphatic carbocycles. The number of nitrogens with zero attached hydrogens (tertiary/aromatic N) is 3. The van der Waals surface area contributed by atoms with E-state index in [1.54, 1.807) is 24.3 Å². The number of carbonyl (C=O) groups is 3. The number of amides is 3. The van der Waals surface area contributed by atoms with Crippen molar-refractivity contribution >= 4 is 29.2 Å². The molecule has 0 fully saturated rings. The summed E-state index contributed by atoms with van der Waals surface area (Å²) >= 11 is 0. The van der Waals surface area contributed by atoms with Crippen LogP contribution in [0.15, 0.2) is 48.7 Å². The Kier molecular flexibility index (Phi) is 6.81. The number of ether oxygens (including phenoxy) is 1. The minimum atomic E-state index is -0.538. The number of hydrogen-bond donors (Lipinski definition) is 3. The molecule has 10 heteroatoms. The highest BCUT2D eigenvalue weighted by molar-refractivity contribution is 5.97. The van der Waals surface area contributed by atoms with E-state index in [2.05, 4.69) is 30.9 Å². The number of fused-ring (bicyclic) bond motifs is 1. The molecular weight excluding hydrogens is 400 g/mol. The molecule has 3 aromatic rings. The van der Waals surface area contributed by atoms with Gasteiger partial charge in [0.2, 0.25) is 0 Å². The molecule has 1 atom stereocenters. The van der Waals surface area contributed by atoms with Crippen molar-refractivity contribution in [2.24, 2.45) is 5.92 Å². The second-order valence-electron chi connectivity index (χ2n) is 7.14. The highest BCUT2D eigenvalue weighted by atomic mass is 16.5. The first-order valence-electron chi connectivity index (χ1n) is 9.71. The SMILES string of the molecule is COC(=O)CNC(=O)c1ccc(NC(=O)NC(c2nnc3ccccn23)C(C)C)cc1. The van der Waals surface area contributed by atoms with Crippen LogP contribution in [0.4, 0.5) is 10.5 Å². The van der Waals surface area contributed by atoms with E-state index in [1.165, 1.54) is 7.11 Å². The summed E-state index contributed by atoms with van der Waals surface area (Å²) in [6.07, 6.45) is 1.85. The van der Waals surface area contributed by atoms with Gasteiger partial charge in [-0.25, -0.2) is 4.79 Å². The van der Waals surface area contributed by atoms with Gasteiger partial charge in [-0.15, -0.1) is 10.2 Å². The number of rotatable bonds is 7. The van der Waals surface area contributed by atoms with Gasteiger partial charge < -0.3 is 20.7 Å². The quantitative estimate of drug-likeness (QED) is 0.499. The van der Waals surface area contributed by atoms with E-state index in [4.69, 9.17) is 0 Å². The summed E-state index contributed by atoms with van der Waals surface area (Å²) in [5, 5.41) is 16.5. The zero-order valence-electron chi connectivity index (χ0n) is 17.5. The largest absolute Gasteiger partial charge is 0.468 e. The van der Waals surface area contributed by atoms with Crippen LogP contribution in [0.5, 0.6) is 0 Å². The molecule has 162 valence electrons. The monoisotopic (exact) mass is 424 g/mol. The Morgan fingerprint density at radius 2 is 1.81 bits per heavy atom. The second kappa shape index (κ2) is 9.70. The van der Waals surface area contributed by atoms with Crippen LogP contribution in [-0.4, -0.2) is 46.2 Å². The molecule has 3 N–H and O–H groups in total. The van der Waals surface area contributed by atoms with E-state index < -0.39 is 17.9 Å². The maximum Gasteiger partial charge on any atom is 0.325 e. The van der Waals surface area contributed by atoms with Crippen molar-refractivity contribution in [3.63, 3.8) is 0 Å². The third kappa shape index (κ3) is 5.35. The Morgan fingerprint density at radius 3 is 2.48 bits per heavy atom. The van der Waals surface area contributed by atoms with E-state index >= 15 is 0 Å². The minimum absolute atomic E-state index is 0.0687. The number of benzene rings is 1. The van der Waals surface area contributed by atoms with E-state index in [0.29, 0.717) is 22.7 Å². The number of aromatic nitrogens is 3. The molecule has 1 aromatic carbocycles. The summed E-state index contributed by atoms with van der Waals surface area (Å²) in [6.45, 7) is 3.75. The van der Waals surface area contributed by atoms with Gasteiger partial charge in [0, 0.05) is 17.4 Å². The summed E-state index contributed by atoms with van der Waals surface area (Å²) < 4.78 is 6.32. The van der Waals surface area contributed by atoms with Crippen LogP contribution in [0, 0.1) is 5.92 Å². The number of hydrogen-bond acceptors (Lipinski definition) is 6. The molecule has 0 saturated heterocycles. The van der Waals surface area contributed by atoms with Gasteiger partial charge >= 0.3 is 12.0 Å². The van der Waals surface area contributed by atoms with Crippen molar-refractivity contribution in [2.75, 3.05) is 19.0 Å². The van der Waals surface area contributed by atoms with Gasteiger partial charge in [-0.2, -0.15) is 0 Å². The van der Waals surface area contributed by atoms with E-state index in [1.807, 2.05) is 42.6 Å². The summed E-state index contributed by atoms with van der Waals surface area (Å²) in [5.41, 5.74) is 1.56. The first-order chi connectivity index (χ1) is 14.9. The molecule has 3 rings (SSSR count). The fraction of sp³-hybridized carbons (Fsp3) is 0.286. The summed E-state index contributed by atoms with van der Waals surface area (Å²) in [4.78, 5) is 35.7. The standard InChI is InChI=1S/C21H24N6O4/c1-13(2)18(19-26-25-16-6-4-5-11-27(16)19)24-21(30)23-15-9-7-14(8-10-15)20(29)22-12-17(28)31-3/h4-11,13,18H,12H2,1-3H3,(H,22,29)(H2,23,24,30). The number of urea groups is 1. The molecule has 0 radical (unpaired) electrons. The predicted octanol–water partition coefficient (Wildman–Crippen LogP) is 2.15. The lowest BCUT2D eigenvalue weighted by Crippen LogP contribution is -2.36. The highest BCUT2D eigenvalue weighted by Gasteiger charge is 2.23. The Bertz CT molecular complexity index is 1080. The smallest absolute Gasteiger partial charge is 0.325 e. The Labute approximate surface area is 179 Å².